The number of furan rings is 1. The van der Waals surface area contributed by atoms with Gasteiger partial charge in [-0.15, -0.1) is 10.2 Å². The zero-order valence-corrected chi connectivity index (χ0v) is 11.4. The Morgan fingerprint density at radius 2 is 2.10 bits per heavy atom. The van der Waals surface area contributed by atoms with Crippen molar-refractivity contribution in [1.29, 1.82) is 0 Å². The van der Waals surface area contributed by atoms with Crippen LogP contribution in [0.3, 0.4) is 0 Å². The highest BCUT2D eigenvalue weighted by Gasteiger charge is 2.17. The van der Waals surface area contributed by atoms with Crippen molar-refractivity contribution in [1.82, 2.24) is 10.2 Å². The van der Waals surface area contributed by atoms with Crippen molar-refractivity contribution in [2.24, 2.45) is 4.99 Å². The first-order valence-corrected chi connectivity index (χ1v) is 6.70. The van der Waals surface area contributed by atoms with Gasteiger partial charge in [-0.3, -0.25) is 10.1 Å². The number of nitro groups is 1. The molecule has 104 valence electrons. The lowest BCUT2D eigenvalue weighted by atomic mass is 10.2. The van der Waals surface area contributed by atoms with Crippen molar-refractivity contribution in [2.75, 3.05) is 0 Å². The minimum absolute atomic E-state index is 0.00443. The van der Waals surface area contributed by atoms with E-state index in [2.05, 4.69) is 15.2 Å². The largest absolute Gasteiger partial charge is 0.463 e. The number of para-hydroxylation sites is 1. The number of rotatable bonds is 4. The summed E-state index contributed by atoms with van der Waals surface area (Å²) in [5, 5.41) is 19.7. The molecule has 0 bridgehead atoms. The van der Waals surface area contributed by atoms with Gasteiger partial charge in [-0.1, -0.05) is 23.5 Å². The van der Waals surface area contributed by atoms with Crippen LogP contribution in [0.5, 0.6) is 0 Å². The maximum atomic E-state index is 11.0. The predicted molar refractivity (Wildman–Crippen MR) is 78.0 cm³/mol. The minimum atomic E-state index is -0.442. The maximum Gasteiger partial charge on any atom is 0.279 e. The number of aliphatic imine (C=N–C) groups is 1. The van der Waals surface area contributed by atoms with Crippen LogP contribution in [0, 0.1) is 10.1 Å². The van der Waals surface area contributed by atoms with E-state index in [-0.39, 0.29) is 5.69 Å². The topological polar surface area (TPSA) is 94.4 Å². The minimum Gasteiger partial charge on any atom is -0.463 e. The number of aromatic nitrogens is 2. The van der Waals surface area contributed by atoms with Crippen LogP contribution >= 0.6 is 11.3 Å². The average molecular weight is 300 g/mol. The zero-order valence-electron chi connectivity index (χ0n) is 10.5. The van der Waals surface area contributed by atoms with Gasteiger partial charge >= 0.3 is 0 Å². The van der Waals surface area contributed by atoms with Crippen molar-refractivity contribution in [3.63, 3.8) is 0 Å². The number of nitrogens with zero attached hydrogens (tertiary/aromatic N) is 4. The van der Waals surface area contributed by atoms with Crippen LogP contribution in [0.25, 0.3) is 10.6 Å². The first-order valence-electron chi connectivity index (χ1n) is 5.89. The molecular formula is C13H8N4O3S. The molecule has 0 aliphatic rings. The molecule has 0 radical (unpaired) electrons. The summed E-state index contributed by atoms with van der Waals surface area (Å²) in [6.45, 7) is 0. The van der Waals surface area contributed by atoms with Gasteiger partial charge in [-0.25, -0.2) is 4.99 Å². The summed E-state index contributed by atoms with van der Waals surface area (Å²) in [6.07, 6.45) is 3.06. The van der Waals surface area contributed by atoms with Crippen LogP contribution in [-0.4, -0.2) is 21.3 Å². The maximum absolute atomic E-state index is 11.0. The molecule has 21 heavy (non-hydrogen) atoms. The van der Waals surface area contributed by atoms with Gasteiger partial charge in [0.15, 0.2) is 5.01 Å². The molecular weight excluding hydrogens is 292 g/mol. The Kier molecular flexibility index (Phi) is 3.52. The summed E-state index contributed by atoms with van der Waals surface area (Å²) in [4.78, 5) is 14.7. The van der Waals surface area contributed by atoms with Gasteiger partial charge in [-0.2, -0.15) is 0 Å². The first kappa shape index (κ1) is 13.1. The summed E-state index contributed by atoms with van der Waals surface area (Å²) in [7, 11) is 0. The normalized spacial score (nSPS) is 11.0. The summed E-state index contributed by atoms with van der Waals surface area (Å²) in [5.41, 5.74) is 0.426. The molecule has 0 saturated heterocycles. The third kappa shape index (κ3) is 2.84. The van der Waals surface area contributed by atoms with Gasteiger partial charge in [0.05, 0.1) is 23.0 Å². The van der Waals surface area contributed by atoms with Crippen molar-refractivity contribution in [3.05, 3.63) is 58.5 Å². The molecule has 3 rings (SSSR count). The van der Waals surface area contributed by atoms with Crippen LogP contribution < -0.4 is 0 Å². The van der Waals surface area contributed by atoms with E-state index in [9.17, 15) is 10.1 Å². The third-order valence-electron chi connectivity index (χ3n) is 2.59. The van der Waals surface area contributed by atoms with E-state index in [1.54, 1.807) is 36.6 Å². The summed E-state index contributed by atoms with van der Waals surface area (Å²) < 4.78 is 5.12. The van der Waals surface area contributed by atoms with E-state index in [1.165, 1.54) is 23.6 Å². The molecule has 3 aromatic rings. The molecule has 0 atom stereocenters. The van der Waals surface area contributed by atoms with Crippen LogP contribution in [0.1, 0.15) is 5.76 Å². The molecule has 0 N–H and O–H groups in total. The van der Waals surface area contributed by atoms with Gasteiger partial charge in [0, 0.05) is 6.07 Å². The summed E-state index contributed by atoms with van der Waals surface area (Å²) in [6, 6.07) is 9.91. The Hall–Kier alpha value is -2.87. The second kappa shape index (κ2) is 5.63. The lowest BCUT2D eigenvalue weighted by Crippen LogP contribution is -1.90. The number of nitro benzene ring substituents is 1. The van der Waals surface area contributed by atoms with Crippen molar-refractivity contribution in [2.45, 2.75) is 0 Å². The fraction of sp³-hybridized carbons (Fsp3) is 0. The van der Waals surface area contributed by atoms with E-state index in [1.807, 2.05) is 0 Å². The molecule has 8 heteroatoms. The molecule has 7 nitrogen and oxygen atoms in total. The molecule has 0 aliphatic carbocycles. The number of hydrogen-bond donors (Lipinski definition) is 0. The van der Waals surface area contributed by atoms with E-state index >= 15 is 0 Å². The highest BCUT2D eigenvalue weighted by atomic mass is 32.1. The third-order valence-corrected chi connectivity index (χ3v) is 3.46. The average Bonchev–Trinajstić information content (AvgIpc) is 3.16. The molecule has 2 heterocycles. The van der Waals surface area contributed by atoms with Gasteiger partial charge in [-0.05, 0) is 18.2 Å². The van der Waals surface area contributed by atoms with Crippen LogP contribution in [0.4, 0.5) is 10.8 Å². The van der Waals surface area contributed by atoms with E-state index < -0.39 is 4.92 Å². The molecule has 0 fully saturated rings. The van der Waals surface area contributed by atoms with Gasteiger partial charge in [0.1, 0.15) is 5.76 Å². The fourth-order valence-electron chi connectivity index (χ4n) is 1.67. The van der Waals surface area contributed by atoms with Crippen LogP contribution in [0.15, 0.2) is 52.1 Å². The highest BCUT2D eigenvalue weighted by molar-refractivity contribution is 7.18. The van der Waals surface area contributed by atoms with Crippen LogP contribution in [-0.2, 0) is 0 Å². The molecule has 0 aliphatic heterocycles. The van der Waals surface area contributed by atoms with Crippen molar-refractivity contribution < 1.29 is 9.34 Å². The second-order valence-electron chi connectivity index (χ2n) is 3.94. The predicted octanol–water partition coefficient (Wildman–Crippen LogP) is 3.46. The molecule has 0 amide bonds. The molecule has 1 aromatic carbocycles. The number of benzene rings is 1. The molecule has 0 saturated carbocycles. The Bertz CT molecular complexity index is 795. The van der Waals surface area contributed by atoms with Crippen LogP contribution in [0.2, 0.25) is 0 Å². The number of hydrogen-bond acceptors (Lipinski definition) is 7. The van der Waals surface area contributed by atoms with E-state index in [0.717, 1.165) is 0 Å². The Morgan fingerprint density at radius 3 is 2.86 bits per heavy atom. The summed E-state index contributed by atoms with van der Waals surface area (Å²) >= 11 is 1.17. The fourth-order valence-corrected chi connectivity index (χ4v) is 2.40. The Balaban J connectivity index is 1.90. The standard InChI is InChI=1S/C13H8N4O3S/c18-17(19)11-6-2-1-5-10(11)12-15-16-13(21-12)14-8-9-4-3-7-20-9/h1-8H/b14-8-. The Labute approximate surface area is 122 Å². The van der Waals surface area contributed by atoms with Crippen molar-refractivity contribution in [3.8, 4) is 10.6 Å². The lowest BCUT2D eigenvalue weighted by molar-refractivity contribution is -0.384. The summed E-state index contributed by atoms with van der Waals surface area (Å²) in [5.74, 6) is 0.595. The van der Waals surface area contributed by atoms with E-state index in [4.69, 9.17) is 4.42 Å². The Morgan fingerprint density at radius 1 is 1.24 bits per heavy atom. The highest BCUT2D eigenvalue weighted by Crippen LogP contribution is 2.33. The van der Waals surface area contributed by atoms with Gasteiger partial charge in [0.25, 0.3) is 5.69 Å². The lowest BCUT2D eigenvalue weighted by Gasteiger charge is -1.96. The van der Waals surface area contributed by atoms with Crippen molar-refractivity contribution >= 4 is 28.4 Å². The van der Waals surface area contributed by atoms with E-state index in [0.29, 0.717) is 21.5 Å². The molecule has 0 unspecified atom stereocenters. The first-order chi connectivity index (χ1) is 10.2. The quantitative estimate of drug-likeness (QED) is 0.418. The SMILES string of the molecule is O=[N+]([O-])c1ccccc1-c1nnc(/N=C\c2ccco2)s1. The zero-order chi connectivity index (χ0) is 14.7. The molecule has 0 spiro atoms. The monoisotopic (exact) mass is 300 g/mol. The van der Waals surface area contributed by atoms with Gasteiger partial charge in [0.2, 0.25) is 5.13 Å². The van der Waals surface area contributed by atoms with Gasteiger partial charge < -0.3 is 4.42 Å². The smallest absolute Gasteiger partial charge is 0.279 e. The second-order valence-corrected chi connectivity index (χ2v) is 4.89. The molecule has 2 aromatic heterocycles.